The van der Waals surface area contributed by atoms with Gasteiger partial charge in [-0.05, 0) is 44.7 Å². The first-order valence-corrected chi connectivity index (χ1v) is 7.71. The number of piperidine rings is 1. The minimum Gasteiger partial charge on any atom is -0.481 e. The van der Waals surface area contributed by atoms with Crippen molar-refractivity contribution >= 4 is 5.97 Å². The Labute approximate surface area is 111 Å². The van der Waals surface area contributed by atoms with Gasteiger partial charge in [0.2, 0.25) is 0 Å². The van der Waals surface area contributed by atoms with E-state index in [1.165, 1.54) is 44.9 Å². The lowest BCUT2D eigenvalue weighted by atomic mass is 9.86. The molecule has 0 aromatic rings. The second kappa shape index (κ2) is 7.13. The van der Waals surface area contributed by atoms with Crippen molar-refractivity contribution in [3.63, 3.8) is 0 Å². The van der Waals surface area contributed by atoms with Crippen LogP contribution in [0.5, 0.6) is 0 Å². The van der Waals surface area contributed by atoms with Crippen molar-refractivity contribution in [1.29, 1.82) is 0 Å². The predicted octanol–water partition coefficient (Wildman–Crippen LogP) is 3.14. The van der Waals surface area contributed by atoms with E-state index in [0.29, 0.717) is 0 Å². The Bertz CT molecular complexity index is 261. The largest absolute Gasteiger partial charge is 0.481 e. The van der Waals surface area contributed by atoms with Crippen molar-refractivity contribution in [2.75, 3.05) is 19.6 Å². The molecule has 3 nitrogen and oxygen atoms in total. The molecule has 1 atom stereocenters. The topological polar surface area (TPSA) is 40.5 Å². The molecule has 3 heteroatoms. The molecule has 1 aliphatic heterocycles. The van der Waals surface area contributed by atoms with Crippen molar-refractivity contribution in [3.05, 3.63) is 0 Å². The number of carbonyl (C=O) groups is 1. The van der Waals surface area contributed by atoms with Crippen molar-refractivity contribution in [1.82, 2.24) is 4.90 Å². The number of hydrogen-bond donors (Lipinski definition) is 1. The summed E-state index contributed by atoms with van der Waals surface area (Å²) in [6, 6.07) is 0. The summed E-state index contributed by atoms with van der Waals surface area (Å²) < 4.78 is 0. The van der Waals surface area contributed by atoms with Crippen molar-refractivity contribution < 1.29 is 9.90 Å². The summed E-state index contributed by atoms with van der Waals surface area (Å²) in [5.41, 5.74) is 0. The van der Waals surface area contributed by atoms with Crippen LogP contribution in [0.4, 0.5) is 0 Å². The van der Waals surface area contributed by atoms with Crippen LogP contribution in [-0.2, 0) is 4.79 Å². The third-order valence-corrected chi connectivity index (χ3v) is 4.67. The van der Waals surface area contributed by atoms with Crippen LogP contribution >= 0.6 is 0 Å². The summed E-state index contributed by atoms with van der Waals surface area (Å²) in [5.74, 6) is 0.235. The van der Waals surface area contributed by atoms with Gasteiger partial charge in [-0.25, -0.2) is 0 Å². The lowest BCUT2D eigenvalue weighted by Gasteiger charge is -2.31. The first-order valence-electron chi connectivity index (χ1n) is 7.71. The molecule has 1 N–H and O–H groups in total. The van der Waals surface area contributed by atoms with Gasteiger partial charge in [0.05, 0.1) is 5.92 Å². The fourth-order valence-corrected chi connectivity index (χ4v) is 3.54. The van der Waals surface area contributed by atoms with E-state index in [9.17, 15) is 4.79 Å². The first-order chi connectivity index (χ1) is 8.75. The maximum absolute atomic E-state index is 11.0. The smallest absolute Gasteiger partial charge is 0.307 e. The molecule has 1 aliphatic carbocycles. The molecule has 2 aliphatic rings. The standard InChI is InChI=1S/C15H27NO2/c17-15(18)14-9-5-11-16(12-14)10-4-8-13-6-2-1-3-7-13/h13-14H,1-12H2,(H,17,18). The van der Waals surface area contributed by atoms with E-state index in [1.54, 1.807) is 0 Å². The van der Waals surface area contributed by atoms with E-state index in [0.717, 1.165) is 38.4 Å². The zero-order valence-electron chi connectivity index (χ0n) is 11.4. The Hall–Kier alpha value is -0.570. The van der Waals surface area contributed by atoms with E-state index < -0.39 is 5.97 Å². The molecule has 0 bridgehead atoms. The molecule has 0 aromatic heterocycles. The average Bonchev–Trinajstić information content (AvgIpc) is 2.40. The number of carboxylic acids is 1. The Morgan fingerprint density at radius 3 is 2.61 bits per heavy atom. The van der Waals surface area contributed by atoms with Crippen LogP contribution in [0.25, 0.3) is 0 Å². The fraction of sp³-hybridized carbons (Fsp3) is 0.933. The number of rotatable bonds is 5. The highest BCUT2D eigenvalue weighted by molar-refractivity contribution is 5.70. The van der Waals surface area contributed by atoms with Crippen LogP contribution in [0.2, 0.25) is 0 Å². The minimum absolute atomic E-state index is 0.117. The molecule has 0 aromatic carbocycles. The molecule has 1 unspecified atom stereocenters. The Morgan fingerprint density at radius 2 is 1.89 bits per heavy atom. The molecule has 0 spiro atoms. The van der Waals surface area contributed by atoms with E-state index in [1.807, 2.05) is 0 Å². The third-order valence-electron chi connectivity index (χ3n) is 4.67. The molecule has 1 heterocycles. The van der Waals surface area contributed by atoms with Crippen LogP contribution in [0.15, 0.2) is 0 Å². The Balaban J connectivity index is 1.62. The lowest BCUT2D eigenvalue weighted by Crippen LogP contribution is -2.39. The van der Waals surface area contributed by atoms with Gasteiger partial charge >= 0.3 is 5.97 Å². The van der Waals surface area contributed by atoms with Crippen LogP contribution in [0.1, 0.15) is 57.8 Å². The lowest BCUT2D eigenvalue weighted by molar-refractivity contribution is -0.143. The Kier molecular flexibility index (Phi) is 5.48. The molecule has 2 fully saturated rings. The zero-order chi connectivity index (χ0) is 12.8. The molecule has 1 saturated heterocycles. The molecule has 104 valence electrons. The second-order valence-corrected chi connectivity index (χ2v) is 6.12. The predicted molar refractivity (Wildman–Crippen MR) is 72.6 cm³/mol. The van der Waals surface area contributed by atoms with Gasteiger partial charge in [0.25, 0.3) is 0 Å². The number of carboxylic acid groups (broad SMARTS) is 1. The number of hydrogen-bond acceptors (Lipinski definition) is 2. The Morgan fingerprint density at radius 1 is 1.11 bits per heavy atom. The van der Waals surface area contributed by atoms with Crippen molar-refractivity contribution in [2.45, 2.75) is 57.8 Å². The second-order valence-electron chi connectivity index (χ2n) is 6.12. The minimum atomic E-state index is -0.605. The first kappa shape index (κ1) is 13.9. The van der Waals surface area contributed by atoms with E-state index in [2.05, 4.69) is 4.90 Å². The molecular formula is C15H27NO2. The maximum atomic E-state index is 11.0. The number of nitrogens with zero attached hydrogens (tertiary/aromatic N) is 1. The molecular weight excluding hydrogens is 226 g/mol. The van der Waals surface area contributed by atoms with E-state index in [-0.39, 0.29) is 5.92 Å². The highest BCUT2D eigenvalue weighted by atomic mass is 16.4. The van der Waals surface area contributed by atoms with Crippen molar-refractivity contribution in [2.24, 2.45) is 11.8 Å². The van der Waals surface area contributed by atoms with E-state index in [4.69, 9.17) is 5.11 Å². The molecule has 0 amide bonds. The van der Waals surface area contributed by atoms with Crippen LogP contribution in [0, 0.1) is 11.8 Å². The van der Waals surface area contributed by atoms with Gasteiger partial charge in [-0.3, -0.25) is 4.79 Å². The summed E-state index contributed by atoms with van der Waals surface area (Å²) in [4.78, 5) is 13.4. The summed E-state index contributed by atoms with van der Waals surface area (Å²) in [5, 5.41) is 9.06. The van der Waals surface area contributed by atoms with Crippen LogP contribution in [-0.4, -0.2) is 35.6 Å². The van der Waals surface area contributed by atoms with Gasteiger partial charge in [-0.15, -0.1) is 0 Å². The maximum Gasteiger partial charge on any atom is 0.307 e. The van der Waals surface area contributed by atoms with Gasteiger partial charge < -0.3 is 10.0 Å². The molecule has 0 radical (unpaired) electrons. The SMILES string of the molecule is O=C(O)C1CCCN(CCCC2CCCCC2)C1. The summed E-state index contributed by atoms with van der Waals surface area (Å²) in [6.45, 7) is 2.99. The number of aliphatic carboxylic acids is 1. The fourth-order valence-electron chi connectivity index (χ4n) is 3.54. The normalized spacial score (nSPS) is 27.2. The van der Waals surface area contributed by atoms with Crippen molar-refractivity contribution in [3.8, 4) is 0 Å². The van der Waals surface area contributed by atoms with Gasteiger partial charge in [-0.1, -0.05) is 32.1 Å². The molecule has 2 rings (SSSR count). The quantitative estimate of drug-likeness (QED) is 0.818. The number of likely N-dealkylation sites (tertiary alicyclic amines) is 1. The van der Waals surface area contributed by atoms with Crippen LogP contribution in [0.3, 0.4) is 0 Å². The van der Waals surface area contributed by atoms with Gasteiger partial charge in [0, 0.05) is 6.54 Å². The summed E-state index contributed by atoms with van der Waals surface area (Å²) in [7, 11) is 0. The highest BCUT2D eigenvalue weighted by Crippen LogP contribution is 2.27. The van der Waals surface area contributed by atoms with Gasteiger partial charge in [0.1, 0.15) is 0 Å². The summed E-state index contributed by atoms with van der Waals surface area (Å²) in [6.07, 6.45) is 11.7. The van der Waals surface area contributed by atoms with Gasteiger partial charge in [-0.2, -0.15) is 0 Å². The monoisotopic (exact) mass is 253 g/mol. The highest BCUT2D eigenvalue weighted by Gasteiger charge is 2.25. The average molecular weight is 253 g/mol. The zero-order valence-corrected chi connectivity index (χ0v) is 11.4. The molecule has 18 heavy (non-hydrogen) atoms. The van der Waals surface area contributed by atoms with E-state index >= 15 is 0 Å². The van der Waals surface area contributed by atoms with Crippen LogP contribution < -0.4 is 0 Å². The third kappa shape index (κ3) is 4.27. The molecule has 1 saturated carbocycles. The van der Waals surface area contributed by atoms with Gasteiger partial charge in [0.15, 0.2) is 0 Å². The summed E-state index contributed by atoms with van der Waals surface area (Å²) >= 11 is 0.